The highest BCUT2D eigenvalue weighted by Gasteiger charge is 2.32. The van der Waals surface area contributed by atoms with Crippen LogP contribution in [0.1, 0.15) is 5.56 Å². The van der Waals surface area contributed by atoms with Gasteiger partial charge in [-0.25, -0.2) is 4.98 Å². The summed E-state index contributed by atoms with van der Waals surface area (Å²) in [5, 5.41) is 3.78. The fourth-order valence-corrected chi connectivity index (χ4v) is 1.77. The van der Waals surface area contributed by atoms with E-state index in [-0.39, 0.29) is 5.58 Å². The van der Waals surface area contributed by atoms with Crippen LogP contribution in [-0.4, -0.2) is 10.1 Å². The maximum absolute atomic E-state index is 12.5. The Labute approximate surface area is 105 Å². The molecule has 3 rings (SSSR count). The van der Waals surface area contributed by atoms with E-state index in [2.05, 4.69) is 10.1 Å². The molecule has 0 fully saturated rings. The van der Waals surface area contributed by atoms with Crippen LogP contribution in [0.3, 0.4) is 0 Å². The van der Waals surface area contributed by atoms with Gasteiger partial charge in [0.2, 0.25) is 0 Å². The normalized spacial score (nSPS) is 11.9. The minimum absolute atomic E-state index is 0.0219. The lowest BCUT2D eigenvalue weighted by atomic mass is 10.1. The van der Waals surface area contributed by atoms with E-state index in [1.807, 2.05) is 6.07 Å². The molecule has 0 bridgehead atoms. The Morgan fingerprint density at radius 3 is 2.47 bits per heavy atom. The zero-order valence-electron chi connectivity index (χ0n) is 9.48. The third-order valence-corrected chi connectivity index (χ3v) is 2.69. The molecule has 0 spiro atoms. The summed E-state index contributed by atoms with van der Waals surface area (Å²) in [7, 11) is 0. The molecule has 0 unspecified atom stereocenters. The van der Waals surface area contributed by atoms with Crippen LogP contribution in [0.25, 0.3) is 22.4 Å². The molecule has 0 N–H and O–H groups in total. The van der Waals surface area contributed by atoms with Gasteiger partial charge in [-0.15, -0.1) is 0 Å². The number of benzene rings is 1. The number of hydrogen-bond acceptors (Lipinski definition) is 3. The van der Waals surface area contributed by atoms with Gasteiger partial charge in [-0.2, -0.15) is 13.2 Å². The summed E-state index contributed by atoms with van der Waals surface area (Å²) < 4.78 is 42.6. The van der Waals surface area contributed by atoms with Gasteiger partial charge in [0.25, 0.3) is 0 Å². The highest BCUT2D eigenvalue weighted by molar-refractivity contribution is 5.88. The molecule has 96 valence electrons. The average molecular weight is 264 g/mol. The summed E-state index contributed by atoms with van der Waals surface area (Å²) in [5.74, 6) is 0. The van der Waals surface area contributed by atoms with Crippen LogP contribution in [0, 0.1) is 0 Å². The van der Waals surface area contributed by atoms with E-state index < -0.39 is 11.7 Å². The summed E-state index contributed by atoms with van der Waals surface area (Å²) in [4.78, 5) is 3.81. The highest BCUT2D eigenvalue weighted by Crippen LogP contribution is 2.32. The van der Waals surface area contributed by atoms with Crippen LogP contribution in [0.4, 0.5) is 13.2 Å². The second-order valence-electron chi connectivity index (χ2n) is 3.97. The van der Waals surface area contributed by atoms with E-state index >= 15 is 0 Å². The monoisotopic (exact) mass is 264 g/mol. The summed E-state index contributed by atoms with van der Waals surface area (Å²) in [6.07, 6.45) is -3.66. The zero-order valence-corrected chi connectivity index (χ0v) is 9.48. The van der Waals surface area contributed by atoms with Gasteiger partial charge in [0.15, 0.2) is 5.58 Å². The average Bonchev–Trinajstić information content (AvgIpc) is 2.81. The number of aromatic nitrogens is 2. The lowest BCUT2D eigenvalue weighted by Gasteiger charge is -2.04. The maximum Gasteiger partial charge on any atom is 0.418 e. The number of rotatable bonds is 1. The topological polar surface area (TPSA) is 38.9 Å². The molecular weight excluding hydrogens is 257 g/mol. The van der Waals surface area contributed by atoms with Gasteiger partial charge in [0.1, 0.15) is 11.2 Å². The van der Waals surface area contributed by atoms with E-state index in [1.165, 1.54) is 0 Å². The lowest BCUT2D eigenvalue weighted by molar-refractivity contribution is -0.137. The zero-order chi connectivity index (χ0) is 13.5. The molecule has 3 aromatic rings. The second-order valence-corrected chi connectivity index (χ2v) is 3.97. The standard InChI is InChI=1S/C13H7F3N2O/c14-13(15,16)9-6-10-12(17-7-9)11(18-19-10)8-4-2-1-3-5-8/h1-7H. The number of halogens is 3. The Kier molecular flexibility index (Phi) is 2.51. The number of pyridine rings is 1. The first kappa shape index (κ1) is 11.7. The van der Waals surface area contributed by atoms with E-state index in [4.69, 9.17) is 4.52 Å². The molecule has 0 aliphatic heterocycles. The summed E-state index contributed by atoms with van der Waals surface area (Å²) >= 11 is 0. The molecule has 0 saturated carbocycles. The third kappa shape index (κ3) is 2.05. The Balaban J connectivity index is 2.16. The number of alkyl halides is 3. The van der Waals surface area contributed by atoms with Crippen molar-refractivity contribution in [1.29, 1.82) is 0 Å². The number of nitrogens with zero attached hydrogens (tertiary/aromatic N) is 2. The van der Waals surface area contributed by atoms with Crippen LogP contribution in [0.5, 0.6) is 0 Å². The van der Waals surface area contributed by atoms with E-state index in [9.17, 15) is 13.2 Å². The predicted octanol–water partition coefficient (Wildman–Crippen LogP) is 3.91. The maximum atomic E-state index is 12.5. The molecular formula is C13H7F3N2O. The summed E-state index contributed by atoms with van der Waals surface area (Å²) in [6.45, 7) is 0. The van der Waals surface area contributed by atoms with Crippen LogP contribution >= 0.6 is 0 Å². The van der Waals surface area contributed by atoms with Crippen molar-refractivity contribution in [3.8, 4) is 11.3 Å². The van der Waals surface area contributed by atoms with Gasteiger partial charge in [-0.05, 0) is 6.07 Å². The first-order valence-corrected chi connectivity index (χ1v) is 5.44. The molecule has 0 amide bonds. The molecule has 0 atom stereocenters. The molecule has 2 heterocycles. The van der Waals surface area contributed by atoms with Crippen molar-refractivity contribution in [2.75, 3.05) is 0 Å². The van der Waals surface area contributed by atoms with E-state index in [0.29, 0.717) is 11.2 Å². The van der Waals surface area contributed by atoms with Gasteiger partial charge in [-0.1, -0.05) is 35.5 Å². The van der Waals surface area contributed by atoms with Crippen molar-refractivity contribution in [1.82, 2.24) is 10.1 Å². The fraction of sp³-hybridized carbons (Fsp3) is 0.0769. The molecule has 3 nitrogen and oxygen atoms in total. The quantitative estimate of drug-likeness (QED) is 0.669. The Bertz CT molecular complexity index is 720. The van der Waals surface area contributed by atoms with Crippen molar-refractivity contribution >= 4 is 11.1 Å². The largest absolute Gasteiger partial charge is 0.418 e. The van der Waals surface area contributed by atoms with Gasteiger partial charge in [0, 0.05) is 11.8 Å². The van der Waals surface area contributed by atoms with E-state index in [0.717, 1.165) is 17.8 Å². The van der Waals surface area contributed by atoms with Crippen LogP contribution < -0.4 is 0 Å². The van der Waals surface area contributed by atoms with Gasteiger partial charge in [-0.3, -0.25) is 0 Å². The molecule has 0 aliphatic rings. The SMILES string of the molecule is FC(F)(F)c1cnc2c(-c3ccccc3)noc2c1. The summed E-state index contributed by atoms with van der Waals surface area (Å²) in [6, 6.07) is 9.93. The predicted molar refractivity (Wildman–Crippen MR) is 62.2 cm³/mol. The van der Waals surface area contributed by atoms with Crippen molar-refractivity contribution in [3.63, 3.8) is 0 Å². The highest BCUT2D eigenvalue weighted by atomic mass is 19.4. The Morgan fingerprint density at radius 1 is 1.05 bits per heavy atom. The molecule has 0 aliphatic carbocycles. The van der Waals surface area contributed by atoms with Crippen molar-refractivity contribution < 1.29 is 17.7 Å². The first-order chi connectivity index (χ1) is 9.05. The minimum atomic E-state index is -4.44. The van der Waals surface area contributed by atoms with E-state index in [1.54, 1.807) is 24.3 Å². The van der Waals surface area contributed by atoms with Crippen molar-refractivity contribution in [3.05, 3.63) is 48.2 Å². The molecule has 19 heavy (non-hydrogen) atoms. The molecule has 0 radical (unpaired) electrons. The smallest absolute Gasteiger partial charge is 0.354 e. The van der Waals surface area contributed by atoms with Gasteiger partial charge < -0.3 is 4.52 Å². The van der Waals surface area contributed by atoms with Gasteiger partial charge >= 0.3 is 6.18 Å². The second kappa shape index (κ2) is 4.08. The molecule has 0 saturated heterocycles. The summed E-state index contributed by atoms with van der Waals surface area (Å²) in [5.41, 5.74) is 0.668. The molecule has 6 heteroatoms. The molecule has 1 aromatic carbocycles. The van der Waals surface area contributed by atoms with Crippen molar-refractivity contribution in [2.45, 2.75) is 6.18 Å². The van der Waals surface area contributed by atoms with Crippen molar-refractivity contribution in [2.24, 2.45) is 0 Å². The third-order valence-electron chi connectivity index (χ3n) is 2.69. The first-order valence-electron chi connectivity index (χ1n) is 5.44. The van der Waals surface area contributed by atoms with Gasteiger partial charge in [0.05, 0.1) is 5.56 Å². The van der Waals surface area contributed by atoms with Crippen LogP contribution in [-0.2, 0) is 6.18 Å². The Morgan fingerprint density at radius 2 is 1.79 bits per heavy atom. The number of fused-ring (bicyclic) bond motifs is 1. The minimum Gasteiger partial charge on any atom is -0.354 e. The lowest BCUT2D eigenvalue weighted by Crippen LogP contribution is -2.04. The number of hydrogen-bond donors (Lipinski definition) is 0. The van der Waals surface area contributed by atoms with Crippen LogP contribution in [0.2, 0.25) is 0 Å². The fourth-order valence-electron chi connectivity index (χ4n) is 1.77. The molecule has 2 aromatic heterocycles. The van der Waals surface area contributed by atoms with Crippen LogP contribution in [0.15, 0.2) is 47.1 Å². The Hall–Kier alpha value is -2.37.